The largest absolute Gasteiger partial charge is 0.497 e. The summed E-state index contributed by atoms with van der Waals surface area (Å²) in [5, 5.41) is 1.07. The maximum absolute atomic E-state index is 5.52. The smallest absolute Gasteiger partial charge is 0.292 e. The Morgan fingerprint density at radius 2 is 2.22 bits per heavy atom. The number of hydrogen-bond donors (Lipinski definition) is 2. The molecule has 0 radical (unpaired) electrons. The molecule has 3 N–H and O–H groups in total. The Hall–Kier alpha value is -2.43. The number of benzene rings is 1. The van der Waals surface area contributed by atoms with Crippen molar-refractivity contribution >= 4 is 16.9 Å². The summed E-state index contributed by atoms with van der Waals surface area (Å²) in [5.74, 6) is 0.815. The lowest BCUT2D eigenvalue weighted by Crippen LogP contribution is -1.84. The number of nitrogens with one attached hydrogen (secondary N) is 1. The van der Waals surface area contributed by atoms with E-state index in [1.165, 1.54) is 0 Å². The van der Waals surface area contributed by atoms with E-state index in [0.29, 0.717) is 0 Å². The van der Waals surface area contributed by atoms with Crippen LogP contribution < -0.4 is 10.5 Å². The molecule has 5 nitrogen and oxygen atoms in total. The molecule has 18 heavy (non-hydrogen) atoms. The van der Waals surface area contributed by atoms with E-state index in [9.17, 15) is 0 Å². The number of nitrogens with two attached hydrogens (primary N) is 1. The highest BCUT2D eigenvalue weighted by atomic mass is 16.5. The van der Waals surface area contributed by atoms with Crippen molar-refractivity contribution in [1.29, 1.82) is 0 Å². The van der Waals surface area contributed by atoms with E-state index in [2.05, 4.69) is 9.97 Å². The fourth-order valence-corrected chi connectivity index (χ4v) is 2.17. The van der Waals surface area contributed by atoms with Crippen molar-refractivity contribution in [3.05, 3.63) is 30.2 Å². The van der Waals surface area contributed by atoms with Gasteiger partial charge in [-0.2, -0.15) is 4.98 Å². The first kappa shape index (κ1) is 10.7. The minimum Gasteiger partial charge on any atom is -0.497 e. The van der Waals surface area contributed by atoms with Gasteiger partial charge in [-0.25, -0.2) is 0 Å². The normalized spacial score (nSPS) is 11.0. The molecule has 5 heteroatoms. The van der Waals surface area contributed by atoms with Crippen molar-refractivity contribution in [3.8, 4) is 17.0 Å². The molecule has 0 aliphatic heterocycles. The van der Waals surface area contributed by atoms with Crippen molar-refractivity contribution in [2.24, 2.45) is 0 Å². The molecular weight excluding hydrogens is 230 g/mol. The van der Waals surface area contributed by atoms with Crippen LogP contribution in [0, 0.1) is 6.92 Å². The molecule has 0 spiro atoms. The number of aromatic amines is 1. The van der Waals surface area contributed by atoms with Crippen LogP contribution in [0.4, 0.5) is 6.01 Å². The molecule has 0 fully saturated rings. The van der Waals surface area contributed by atoms with Crippen molar-refractivity contribution in [3.63, 3.8) is 0 Å². The first-order valence-corrected chi connectivity index (χ1v) is 5.56. The molecule has 1 aromatic carbocycles. The molecule has 3 aromatic rings. The fourth-order valence-electron chi connectivity index (χ4n) is 2.17. The van der Waals surface area contributed by atoms with Gasteiger partial charge in [-0.3, -0.25) is 0 Å². The molecule has 0 unspecified atom stereocenters. The summed E-state index contributed by atoms with van der Waals surface area (Å²) >= 11 is 0. The minimum atomic E-state index is 0.173. The van der Waals surface area contributed by atoms with Gasteiger partial charge in [0.2, 0.25) is 0 Å². The van der Waals surface area contributed by atoms with Crippen molar-refractivity contribution in [2.75, 3.05) is 12.8 Å². The van der Waals surface area contributed by atoms with Crippen LogP contribution >= 0.6 is 0 Å². The number of aryl methyl sites for hydroxylation is 1. The van der Waals surface area contributed by atoms with Gasteiger partial charge in [0.25, 0.3) is 6.01 Å². The summed E-state index contributed by atoms with van der Waals surface area (Å²) in [7, 11) is 1.65. The van der Waals surface area contributed by atoms with Gasteiger partial charge in [-0.1, -0.05) is 0 Å². The second-order valence-electron chi connectivity index (χ2n) is 4.11. The third kappa shape index (κ3) is 1.52. The molecule has 0 bridgehead atoms. The minimum absolute atomic E-state index is 0.173. The van der Waals surface area contributed by atoms with Gasteiger partial charge in [0.15, 0.2) is 0 Å². The summed E-state index contributed by atoms with van der Waals surface area (Å²) in [5.41, 5.74) is 9.28. The molecule has 92 valence electrons. The molecular formula is C13H13N3O2. The lowest BCUT2D eigenvalue weighted by Gasteiger charge is -1.99. The number of aromatic nitrogens is 2. The summed E-state index contributed by atoms with van der Waals surface area (Å²) in [6, 6.07) is 6.04. The van der Waals surface area contributed by atoms with Gasteiger partial charge in [-0.05, 0) is 19.1 Å². The molecule has 0 aliphatic rings. The van der Waals surface area contributed by atoms with Gasteiger partial charge in [0, 0.05) is 28.2 Å². The third-order valence-corrected chi connectivity index (χ3v) is 2.97. The number of ether oxygens (including phenoxy) is 1. The number of nitrogens with zero attached hydrogens (tertiary/aromatic N) is 1. The molecule has 3 rings (SSSR count). The van der Waals surface area contributed by atoms with Crippen LogP contribution in [0.1, 0.15) is 5.69 Å². The summed E-state index contributed by atoms with van der Waals surface area (Å²) in [6.45, 7) is 1.99. The predicted octanol–water partition coefficient (Wildman–Crippen LogP) is 2.72. The van der Waals surface area contributed by atoms with E-state index in [-0.39, 0.29) is 6.01 Å². The van der Waals surface area contributed by atoms with E-state index in [4.69, 9.17) is 14.9 Å². The maximum atomic E-state index is 5.52. The Morgan fingerprint density at radius 3 is 2.89 bits per heavy atom. The highest BCUT2D eigenvalue weighted by Crippen LogP contribution is 2.33. The van der Waals surface area contributed by atoms with Crippen molar-refractivity contribution in [2.45, 2.75) is 6.92 Å². The zero-order valence-electron chi connectivity index (χ0n) is 10.2. The topological polar surface area (TPSA) is 77.1 Å². The number of rotatable bonds is 2. The third-order valence-electron chi connectivity index (χ3n) is 2.97. The van der Waals surface area contributed by atoms with Crippen LogP contribution in [0.5, 0.6) is 5.75 Å². The molecule has 0 saturated carbocycles. The van der Waals surface area contributed by atoms with Crippen molar-refractivity contribution < 1.29 is 9.15 Å². The monoisotopic (exact) mass is 243 g/mol. The van der Waals surface area contributed by atoms with Gasteiger partial charge < -0.3 is 19.9 Å². The first-order valence-electron chi connectivity index (χ1n) is 5.56. The second-order valence-corrected chi connectivity index (χ2v) is 4.11. The summed E-state index contributed by atoms with van der Waals surface area (Å²) < 4.78 is 10.3. The Kier molecular flexibility index (Phi) is 2.26. The van der Waals surface area contributed by atoms with Crippen LogP contribution in [-0.2, 0) is 0 Å². The van der Waals surface area contributed by atoms with Crippen LogP contribution in [0.3, 0.4) is 0 Å². The van der Waals surface area contributed by atoms with Crippen LogP contribution in [0.25, 0.3) is 22.2 Å². The van der Waals surface area contributed by atoms with E-state index < -0.39 is 0 Å². The lowest BCUT2D eigenvalue weighted by molar-refractivity contribution is 0.415. The highest BCUT2D eigenvalue weighted by molar-refractivity contribution is 5.97. The van der Waals surface area contributed by atoms with Gasteiger partial charge >= 0.3 is 0 Å². The molecule has 2 heterocycles. The van der Waals surface area contributed by atoms with Gasteiger partial charge in [-0.15, -0.1) is 0 Å². The Morgan fingerprint density at radius 1 is 1.39 bits per heavy atom. The summed E-state index contributed by atoms with van der Waals surface area (Å²) in [6.07, 6.45) is 1.56. The van der Waals surface area contributed by atoms with Gasteiger partial charge in [0.1, 0.15) is 17.7 Å². The molecule has 0 amide bonds. The van der Waals surface area contributed by atoms with E-state index in [0.717, 1.165) is 33.6 Å². The number of fused-ring (bicyclic) bond motifs is 1. The van der Waals surface area contributed by atoms with Gasteiger partial charge in [0.05, 0.1) is 7.11 Å². The van der Waals surface area contributed by atoms with E-state index in [1.54, 1.807) is 13.4 Å². The van der Waals surface area contributed by atoms with Crippen LogP contribution in [-0.4, -0.2) is 17.1 Å². The fraction of sp³-hybridized carbons (Fsp3) is 0.154. The number of anilines is 1. The number of hydrogen-bond acceptors (Lipinski definition) is 4. The Balaban J connectivity index is 2.26. The standard InChI is InChI=1S/C13H13N3O2/c1-7-12(11-6-18-13(14)16-11)9-4-3-8(17-2)5-10(9)15-7/h3-6,15H,1-2H3,(H2,14,16). The predicted molar refractivity (Wildman–Crippen MR) is 69.5 cm³/mol. The number of nitrogen functional groups attached to an aromatic ring is 1. The second kappa shape index (κ2) is 3.80. The molecule has 0 saturated heterocycles. The zero-order chi connectivity index (χ0) is 12.7. The lowest BCUT2D eigenvalue weighted by atomic mass is 10.1. The van der Waals surface area contributed by atoms with E-state index in [1.807, 2.05) is 25.1 Å². The quantitative estimate of drug-likeness (QED) is 0.725. The number of H-pyrrole nitrogens is 1. The molecule has 0 aliphatic carbocycles. The van der Waals surface area contributed by atoms with Crippen LogP contribution in [0.15, 0.2) is 28.9 Å². The van der Waals surface area contributed by atoms with Crippen LogP contribution in [0.2, 0.25) is 0 Å². The Labute approximate surface area is 104 Å². The maximum Gasteiger partial charge on any atom is 0.292 e. The van der Waals surface area contributed by atoms with Crippen molar-refractivity contribution in [1.82, 2.24) is 9.97 Å². The highest BCUT2D eigenvalue weighted by Gasteiger charge is 2.14. The average Bonchev–Trinajstić information content (AvgIpc) is 2.90. The first-order chi connectivity index (χ1) is 8.69. The Bertz CT molecular complexity index is 712. The zero-order valence-corrected chi connectivity index (χ0v) is 10.2. The molecule has 0 atom stereocenters. The average molecular weight is 243 g/mol. The molecule has 2 aromatic heterocycles. The van der Waals surface area contributed by atoms with E-state index >= 15 is 0 Å². The number of methoxy groups -OCH3 is 1. The summed E-state index contributed by atoms with van der Waals surface area (Å²) in [4.78, 5) is 7.47. The SMILES string of the molecule is COc1ccc2c(-c3coc(N)n3)c(C)[nH]c2c1. The number of oxazole rings is 1.